The van der Waals surface area contributed by atoms with Crippen LogP contribution < -0.4 is 10.6 Å². The molecule has 0 aliphatic carbocycles. The van der Waals surface area contributed by atoms with Gasteiger partial charge in [0.05, 0.1) is 16.5 Å². The molecule has 0 saturated carbocycles. The third kappa shape index (κ3) is 3.54. The van der Waals surface area contributed by atoms with Crippen LogP contribution in [-0.2, 0) is 6.54 Å². The molecule has 2 amide bonds. The van der Waals surface area contributed by atoms with Crippen molar-refractivity contribution < 1.29 is 4.79 Å². The van der Waals surface area contributed by atoms with Crippen LogP contribution in [0.25, 0.3) is 22.6 Å². The van der Waals surface area contributed by atoms with Gasteiger partial charge in [0.1, 0.15) is 5.69 Å². The monoisotopic (exact) mass is 383 g/mol. The lowest BCUT2D eigenvalue weighted by Crippen LogP contribution is -2.28. The summed E-state index contributed by atoms with van der Waals surface area (Å²) in [6.07, 6.45) is 0. The average Bonchev–Trinajstić information content (AvgIpc) is 3.30. The number of hydrogen-bond donors (Lipinski definition) is 3. The molecule has 6 nitrogen and oxygen atoms in total. The summed E-state index contributed by atoms with van der Waals surface area (Å²) in [5.41, 5.74) is 5.74. The van der Waals surface area contributed by atoms with Gasteiger partial charge in [0.2, 0.25) is 0 Å². The summed E-state index contributed by atoms with van der Waals surface area (Å²) < 4.78 is 0. The third-order valence-electron chi connectivity index (χ3n) is 3.81. The second-order valence-corrected chi connectivity index (χ2v) is 6.72. The zero-order valence-electron chi connectivity index (χ0n) is 13.5. The normalized spacial score (nSPS) is 10.8. The molecule has 0 atom stereocenters. The Morgan fingerprint density at radius 2 is 2.12 bits per heavy atom. The van der Waals surface area contributed by atoms with Crippen LogP contribution in [0.1, 0.15) is 5.56 Å². The van der Waals surface area contributed by atoms with Gasteiger partial charge in [-0.3, -0.25) is 0 Å². The first-order chi connectivity index (χ1) is 12.7. The lowest BCUT2D eigenvalue weighted by Gasteiger charge is -2.08. The van der Waals surface area contributed by atoms with E-state index in [1.54, 1.807) is 11.6 Å². The van der Waals surface area contributed by atoms with Gasteiger partial charge >= 0.3 is 6.03 Å². The predicted octanol–water partition coefficient (Wildman–Crippen LogP) is 4.66. The molecule has 4 rings (SSSR count). The Kier molecular flexibility index (Phi) is 4.55. The first kappa shape index (κ1) is 16.6. The van der Waals surface area contributed by atoms with Crippen molar-refractivity contribution in [2.45, 2.75) is 6.54 Å². The van der Waals surface area contributed by atoms with E-state index in [0.717, 1.165) is 22.3 Å². The molecule has 3 N–H and O–H groups in total. The van der Waals surface area contributed by atoms with Crippen LogP contribution in [-0.4, -0.2) is 21.0 Å². The van der Waals surface area contributed by atoms with Crippen molar-refractivity contribution in [3.05, 3.63) is 63.9 Å². The van der Waals surface area contributed by atoms with Crippen molar-refractivity contribution in [1.82, 2.24) is 20.3 Å². The third-order valence-corrected chi connectivity index (χ3v) is 4.77. The topological polar surface area (TPSA) is 82.7 Å². The minimum atomic E-state index is -0.302. The summed E-state index contributed by atoms with van der Waals surface area (Å²) in [6, 6.07) is 12.6. The number of fused-ring (bicyclic) bond motifs is 1. The van der Waals surface area contributed by atoms with Gasteiger partial charge in [-0.1, -0.05) is 29.8 Å². The maximum atomic E-state index is 12.1. The smallest absolute Gasteiger partial charge is 0.319 e. The lowest BCUT2D eigenvalue weighted by molar-refractivity contribution is 0.252. The van der Waals surface area contributed by atoms with Gasteiger partial charge in [0, 0.05) is 22.6 Å². The van der Waals surface area contributed by atoms with Crippen molar-refractivity contribution in [2.24, 2.45) is 0 Å². The fraction of sp³-hybridized carbons (Fsp3) is 0.0556. The molecule has 0 unspecified atom stereocenters. The lowest BCUT2D eigenvalue weighted by atomic mass is 10.2. The Bertz CT molecular complexity index is 1060. The molecule has 0 saturated heterocycles. The maximum Gasteiger partial charge on any atom is 0.319 e. The van der Waals surface area contributed by atoms with E-state index in [2.05, 4.69) is 25.6 Å². The van der Waals surface area contributed by atoms with Crippen LogP contribution in [0, 0.1) is 0 Å². The number of nitrogens with one attached hydrogen (secondary N) is 3. The number of aromatic nitrogens is 3. The van der Waals surface area contributed by atoms with Crippen LogP contribution in [0.2, 0.25) is 5.02 Å². The summed E-state index contributed by atoms with van der Waals surface area (Å²) in [7, 11) is 0. The van der Waals surface area contributed by atoms with E-state index in [1.807, 2.05) is 41.8 Å². The van der Waals surface area contributed by atoms with Crippen molar-refractivity contribution >= 4 is 45.7 Å². The van der Waals surface area contributed by atoms with Crippen LogP contribution in [0.5, 0.6) is 0 Å². The van der Waals surface area contributed by atoms with Crippen LogP contribution in [0.3, 0.4) is 0 Å². The Balaban J connectivity index is 1.45. The number of H-pyrrole nitrogens is 1. The molecular weight excluding hydrogens is 370 g/mol. The highest BCUT2D eigenvalue weighted by atomic mass is 35.5. The molecule has 2 heterocycles. The van der Waals surface area contributed by atoms with E-state index in [1.165, 1.54) is 11.3 Å². The van der Waals surface area contributed by atoms with Gasteiger partial charge in [-0.25, -0.2) is 14.8 Å². The SMILES string of the molecule is O=C(NCc1ccccc1Cl)Nc1ccc2nc(-c3cscn3)[nH]c2c1. The number of benzene rings is 2. The number of aromatic amines is 1. The highest BCUT2D eigenvalue weighted by molar-refractivity contribution is 7.07. The fourth-order valence-corrected chi connectivity index (χ4v) is 3.27. The second-order valence-electron chi connectivity index (χ2n) is 5.59. The van der Waals surface area contributed by atoms with Gasteiger partial charge in [-0.2, -0.15) is 0 Å². The Labute approximate surface area is 158 Å². The molecule has 0 aliphatic rings. The van der Waals surface area contributed by atoms with E-state index in [-0.39, 0.29) is 6.03 Å². The van der Waals surface area contributed by atoms with Crippen LogP contribution >= 0.6 is 22.9 Å². The highest BCUT2D eigenvalue weighted by Gasteiger charge is 2.09. The van der Waals surface area contributed by atoms with Gasteiger partial charge in [-0.05, 0) is 29.8 Å². The summed E-state index contributed by atoms with van der Waals surface area (Å²) in [5, 5.41) is 8.16. The molecule has 130 valence electrons. The number of urea groups is 1. The van der Waals surface area contributed by atoms with Crippen molar-refractivity contribution in [3.63, 3.8) is 0 Å². The zero-order chi connectivity index (χ0) is 17.9. The predicted molar refractivity (Wildman–Crippen MR) is 105 cm³/mol. The van der Waals surface area contributed by atoms with E-state index in [4.69, 9.17) is 11.6 Å². The van der Waals surface area contributed by atoms with Crippen molar-refractivity contribution in [3.8, 4) is 11.5 Å². The van der Waals surface area contributed by atoms with E-state index < -0.39 is 0 Å². The minimum absolute atomic E-state index is 0.302. The van der Waals surface area contributed by atoms with Gasteiger partial charge < -0.3 is 15.6 Å². The molecular formula is C18H14ClN5OS. The standard InChI is InChI=1S/C18H14ClN5OS/c19-13-4-2-1-3-11(13)8-20-18(25)22-12-5-6-14-15(7-12)24-17(23-14)16-9-26-10-21-16/h1-7,9-10H,8H2,(H,23,24)(H2,20,22,25). The number of carbonyl (C=O) groups excluding carboxylic acids is 1. The number of carbonyl (C=O) groups is 1. The molecule has 0 bridgehead atoms. The zero-order valence-corrected chi connectivity index (χ0v) is 15.1. The molecule has 0 spiro atoms. The number of anilines is 1. The summed E-state index contributed by atoms with van der Waals surface area (Å²) in [6.45, 7) is 0.353. The Morgan fingerprint density at radius 3 is 2.92 bits per heavy atom. The molecule has 0 aliphatic heterocycles. The second kappa shape index (κ2) is 7.15. The van der Waals surface area contributed by atoms with E-state index in [0.29, 0.717) is 23.1 Å². The van der Waals surface area contributed by atoms with Gasteiger partial charge in [0.25, 0.3) is 0 Å². The Morgan fingerprint density at radius 1 is 1.23 bits per heavy atom. The number of nitrogens with zero attached hydrogens (tertiary/aromatic N) is 2. The number of rotatable bonds is 4. The number of halogens is 1. The minimum Gasteiger partial charge on any atom is -0.337 e. The van der Waals surface area contributed by atoms with E-state index >= 15 is 0 Å². The highest BCUT2D eigenvalue weighted by Crippen LogP contribution is 2.22. The molecule has 0 radical (unpaired) electrons. The van der Waals surface area contributed by atoms with E-state index in [9.17, 15) is 4.79 Å². The number of thiazole rings is 1. The average molecular weight is 384 g/mol. The summed E-state index contributed by atoms with van der Waals surface area (Å²) >= 11 is 7.61. The first-order valence-electron chi connectivity index (χ1n) is 7.85. The summed E-state index contributed by atoms with van der Waals surface area (Å²) in [4.78, 5) is 24.1. The molecule has 26 heavy (non-hydrogen) atoms. The van der Waals surface area contributed by atoms with Crippen LogP contribution in [0.15, 0.2) is 53.4 Å². The van der Waals surface area contributed by atoms with Crippen molar-refractivity contribution in [2.75, 3.05) is 5.32 Å². The molecule has 2 aromatic heterocycles. The molecule has 8 heteroatoms. The number of amides is 2. The van der Waals surface area contributed by atoms with Crippen LogP contribution in [0.4, 0.5) is 10.5 Å². The molecule has 2 aromatic carbocycles. The molecule has 0 fully saturated rings. The number of imidazole rings is 1. The fourth-order valence-electron chi connectivity index (χ4n) is 2.53. The quantitative estimate of drug-likeness (QED) is 0.479. The van der Waals surface area contributed by atoms with Crippen molar-refractivity contribution in [1.29, 1.82) is 0 Å². The van der Waals surface area contributed by atoms with Gasteiger partial charge in [0.15, 0.2) is 5.82 Å². The first-order valence-corrected chi connectivity index (χ1v) is 9.18. The maximum absolute atomic E-state index is 12.1. The largest absolute Gasteiger partial charge is 0.337 e. The molecule has 4 aromatic rings. The Hall–Kier alpha value is -2.90. The number of hydrogen-bond acceptors (Lipinski definition) is 4. The summed E-state index contributed by atoms with van der Waals surface area (Å²) in [5.74, 6) is 0.710. The van der Waals surface area contributed by atoms with Gasteiger partial charge in [-0.15, -0.1) is 11.3 Å².